The number of carbonyl (C=O) groups is 1. The molecule has 0 aliphatic heterocycles. The van der Waals surface area contributed by atoms with Gasteiger partial charge in [0.1, 0.15) is 0 Å². The highest BCUT2D eigenvalue weighted by molar-refractivity contribution is 5.94. The van der Waals surface area contributed by atoms with E-state index in [1.54, 1.807) is 12.1 Å². The summed E-state index contributed by atoms with van der Waals surface area (Å²) in [5, 5.41) is 10.0. The van der Waals surface area contributed by atoms with Gasteiger partial charge >= 0.3 is 0 Å². The van der Waals surface area contributed by atoms with Crippen molar-refractivity contribution >= 4 is 5.91 Å². The molecule has 1 aromatic carbocycles. The van der Waals surface area contributed by atoms with Crippen molar-refractivity contribution in [2.75, 3.05) is 0 Å². The Kier molecular flexibility index (Phi) is 4.53. The van der Waals surface area contributed by atoms with Crippen molar-refractivity contribution in [3.63, 3.8) is 0 Å². The Morgan fingerprint density at radius 3 is 2.65 bits per heavy atom. The minimum atomic E-state index is -0.0756. The van der Waals surface area contributed by atoms with Crippen molar-refractivity contribution in [1.82, 2.24) is 15.5 Å². The van der Waals surface area contributed by atoms with Crippen molar-refractivity contribution in [3.05, 3.63) is 52.8 Å². The highest BCUT2D eigenvalue weighted by Gasteiger charge is 2.11. The third-order valence-corrected chi connectivity index (χ3v) is 3.10. The van der Waals surface area contributed by atoms with Gasteiger partial charge in [-0.15, -0.1) is 0 Å². The van der Waals surface area contributed by atoms with Gasteiger partial charge in [0.15, 0.2) is 0 Å². The van der Waals surface area contributed by atoms with Crippen LogP contribution in [-0.2, 0) is 13.0 Å². The number of nitrogens with one attached hydrogen (secondary N) is 2. The molecule has 106 valence electrons. The first kappa shape index (κ1) is 14.3. The highest BCUT2D eigenvalue weighted by Crippen LogP contribution is 2.06. The maximum atomic E-state index is 12.1. The van der Waals surface area contributed by atoms with Crippen LogP contribution >= 0.6 is 0 Å². The Balaban J connectivity index is 1.92. The van der Waals surface area contributed by atoms with Gasteiger partial charge in [-0.3, -0.25) is 9.89 Å². The quantitative estimate of drug-likeness (QED) is 0.772. The number of nitrogens with zero attached hydrogens (tertiary/aromatic N) is 1. The summed E-state index contributed by atoms with van der Waals surface area (Å²) < 4.78 is 0. The van der Waals surface area contributed by atoms with Crippen LogP contribution in [0.2, 0.25) is 0 Å². The second kappa shape index (κ2) is 6.34. The first-order valence-corrected chi connectivity index (χ1v) is 6.69. The van der Waals surface area contributed by atoms with Crippen molar-refractivity contribution in [2.45, 2.75) is 32.9 Å². The first-order chi connectivity index (χ1) is 9.58. The predicted molar refractivity (Wildman–Crippen MR) is 78.3 cm³/mol. The molecule has 4 N–H and O–H groups in total. The first-order valence-electron chi connectivity index (χ1n) is 6.69. The zero-order chi connectivity index (χ0) is 14.5. The molecule has 0 aliphatic carbocycles. The number of rotatable bonds is 5. The van der Waals surface area contributed by atoms with E-state index in [-0.39, 0.29) is 11.9 Å². The number of amides is 1. The lowest BCUT2D eigenvalue weighted by molar-refractivity contribution is 0.0940. The summed E-state index contributed by atoms with van der Waals surface area (Å²) in [6.45, 7) is 4.41. The van der Waals surface area contributed by atoms with Crippen LogP contribution in [-0.4, -0.2) is 22.1 Å². The smallest absolute Gasteiger partial charge is 0.251 e. The summed E-state index contributed by atoms with van der Waals surface area (Å²) in [7, 11) is 0. The second-order valence-corrected chi connectivity index (χ2v) is 5.02. The minimum Gasteiger partial charge on any atom is -0.349 e. The standard InChI is InChI=1S/C15H20N4O/c1-10(7-14-8-11(2)18-19-14)17-15(20)13-5-3-12(9-16)4-6-13/h3-6,8,10H,7,9,16H2,1-2H3,(H,17,20)(H,18,19). The fourth-order valence-electron chi connectivity index (χ4n) is 2.04. The molecule has 1 unspecified atom stereocenters. The number of carbonyl (C=O) groups excluding carboxylic acids is 1. The fourth-order valence-corrected chi connectivity index (χ4v) is 2.04. The zero-order valence-corrected chi connectivity index (χ0v) is 11.8. The molecule has 0 spiro atoms. The van der Waals surface area contributed by atoms with E-state index >= 15 is 0 Å². The van der Waals surface area contributed by atoms with E-state index in [9.17, 15) is 4.79 Å². The number of benzene rings is 1. The SMILES string of the molecule is Cc1cc(CC(C)NC(=O)c2ccc(CN)cc2)n[nH]1. The summed E-state index contributed by atoms with van der Waals surface area (Å²) in [5.74, 6) is -0.0756. The van der Waals surface area contributed by atoms with Crippen LogP contribution in [0.25, 0.3) is 0 Å². The molecule has 0 saturated carbocycles. The normalized spacial score (nSPS) is 12.2. The van der Waals surface area contributed by atoms with Gasteiger partial charge in [0.25, 0.3) is 5.91 Å². The number of aromatic nitrogens is 2. The molecule has 1 heterocycles. The van der Waals surface area contributed by atoms with Crippen LogP contribution in [0.3, 0.4) is 0 Å². The molecule has 0 bridgehead atoms. The van der Waals surface area contributed by atoms with Crippen molar-refractivity contribution in [1.29, 1.82) is 0 Å². The van der Waals surface area contributed by atoms with E-state index in [1.165, 1.54) is 0 Å². The summed E-state index contributed by atoms with van der Waals surface area (Å²) >= 11 is 0. The molecule has 20 heavy (non-hydrogen) atoms. The zero-order valence-electron chi connectivity index (χ0n) is 11.8. The average Bonchev–Trinajstić information content (AvgIpc) is 2.84. The molecule has 5 heteroatoms. The maximum absolute atomic E-state index is 12.1. The van der Waals surface area contributed by atoms with Crippen LogP contribution in [0.5, 0.6) is 0 Å². The van der Waals surface area contributed by atoms with Crippen LogP contribution in [0.4, 0.5) is 0 Å². The number of aromatic amines is 1. The number of hydrogen-bond acceptors (Lipinski definition) is 3. The second-order valence-electron chi connectivity index (χ2n) is 5.02. The van der Waals surface area contributed by atoms with Crippen molar-refractivity contribution in [2.24, 2.45) is 5.73 Å². The van der Waals surface area contributed by atoms with Crippen LogP contribution in [0.1, 0.15) is 34.2 Å². The Labute approximate surface area is 118 Å². The third kappa shape index (κ3) is 3.68. The van der Waals surface area contributed by atoms with Gasteiger partial charge in [0.05, 0.1) is 5.69 Å². The van der Waals surface area contributed by atoms with E-state index in [1.807, 2.05) is 32.0 Å². The predicted octanol–water partition coefficient (Wildman–Crippen LogP) is 1.54. The molecule has 1 atom stereocenters. The van der Waals surface area contributed by atoms with Gasteiger partial charge in [-0.1, -0.05) is 12.1 Å². The largest absolute Gasteiger partial charge is 0.349 e. The number of nitrogens with two attached hydrogens (primary N) is 1. The van der Waals surface area contributed by atoms with Gasteiger partial charge in [-0.25, -0.2) is 0 Å². The number of hydrogen-bond donors (Lipinski definition) is 3. The molecule has 2 rings (SSSR count). The van der Waals surface area contributed by atoms with Crippen LogP contribution in [0, 0.1) is 6.92 Å². The summed E-state index contributed by atoms with van der Waals surface area (Å²) in [5.41, 5.74) is 9.17. The summed E-state index contributed by atoms with van der Waals surface area (Å²) in [4.78, 5) is 12.1. The lowest BCUT2D eigenvalue weighted by atomic mass is 10.1. The van der Waals surface area contributed by atoms with Gasteiger partial charge in [-0.2, -0.15) is 5.10 Å². The Morgan fingerprint density at radius 2 is 2.10 bits per heavy atom. The minimum absolute atomic E-state index is 0.0272. The van der Waals surface area contributed by atoms with E-state index in [0.717, 1.165) is 17.0 Å². The van der Waals surface area contributed by atoms with E-state index in [4.69, 9.17) is 5.73 Å². The fraction of sp³-hybridized carbons (Fsp3) is 0.333. The number of H-pyrrole nitrogens is 1. The lowest BCUT2D eigenvalue weighted by Crippen LogP contribution is -2.34. The molecular formula is C15H20N4O. The molecular weight excluding hydrogens is 252 g/mol. The molecule has 0 aliphatic rings. The molecule has 1 amide bonds. The molecule has 2 aromatic rings. The molecule has 5 nitrogen and oxygen atoms in total. The monoisotopic (exact) mass is 272 g/mol. The molecule has 0 saturated heterocycles. The number of aryl methyl sites for hydroxylation is 1. The van der Waals surface area contributed by atoms with E-state index in [0.29, 0.717) is 18.5 Å². The van der Waals surface area contributed by atoms with E-state index < -0.39 is 0 Å². The third-order valence-electron chi connectivity index (χ3n) is 3.10. The van der Waals surface area contributed by atoms with Crippen molar-refractivity contribution in [3.8, 4) is 0 Å². The van der Waals surface area contributed by atoms with Crippen LogP contribution < -0.4 is 11.1 Å². The average molecular weight is 272 g/mol. The summed E-state index contributed by atoms with van der Waals surface area (Å²) in [6.07, 6.45) is 0.705. The van der Waals surface area contributed by atoms with Crippen molar-refractivity contribution < 1.29 is 4.79 Å². The van der Waals surface area contributed by atoms with Gasteiger partial charge < -0.3 is 11.1 Å². The topological polar surface area (TPSA) is 83.8 Å². The molecule has 1 aromatic heterocycles. The Bertz CT molecular complexity index is 574. The van der Waals surface area contributed by atoms with Crippen LogP contribution in [0.15, 0.2) is 30.3 Å². The maximum Gasteiger partial charge on any atom is 0.251 e. The highest BCUT2D eigenvalue weighted by atomic mass is 16.1. The molecule has 0 fully saturated rings. The lowest BCUT2D eigenvalue weighted by Gasteiger charge is -2.12. The van der Waals surface area contributed by atoms with Gasteiger partial charge in [-0.05, 0) is 37.6 Å². The summed E-state index contributed by atoms with van der Waals surface area (Å²) in [6, 6.07) is 9.34. The Morgan fingerprint density at radius 1 is 1.40 bits per heavy atom. The van der Waals surface area contributed by atoms with E-state index in [2.05, 4.69) is 15.5 Å². The molecule has 0 radical (unpaired) electrons. The Hall–Kier alpha value is -2.14. The van der Waals surface area contributed by atoms with Gasteiger partial charge in [0.2, 0.25) is 0 Å². The van der Waals surface area contributed by atoms with Gasteiger partial charge in [0, 0.05) is 30.3 Å².